The van der Waals surface area contributed by atoms with Crippen molar-refractivity contribution in [3.63, 3.8) is 0 Å². The minimum absolute atomic E-state index is 0.104. The van der Waals surface area contributed by atoms with Crippen LogP contribution in [0.5, 0.6) is 0 Å². The Morgan fingerprint density at radius 2 is 1.96 bits per heavy atom. The first-order valence-corrected chi connectivity index (χ1v) is 10.1. The molecule has 27 heavy (non-hydrogen) atoms. The second-order valence-corrected chi connectivity index (χ2v) is 7.86. The highest BCUT2D eigenvalue weighted by Gasteiger charge is 2.44. The molecule has 1 aromatic heterocycles. The Labute approximate surface area is 161 Å². The monoisotopic (exact) mass is 376 g/mol. The first-order chi connectivity index (χ1) is 13.0. The van der Waals surface area contributed by atoms with E-state index in [-0.39, 0.29) is 17.4 Å². The minimum Gasteiger partial charge on any atom is -0.368 e. The van der Waals surface area contributed by atoms with Gasteiger partial charge in [-0.15, -0.1) is 0 Å². The fourth-order valence-electron chi connectivity index (χ4n) is 4.44. The molecule has 0 spiro atoms. The maximum Gasteiger partial charge on any atom is 0.254 e. The topological polar surface area (TPSA) is 78.5 Å². The lowest BCUT2D eigenvalue weighted by atomic mass is 9.87. The largest absolute Gasteiger partial charge is 0.368 e. The van der Waals surface area contributed by atoms with Crippen molar-refractivity contribution >= 4 is 5.91 Å². The summed E-state index contributed by atoms with van der Waals surface area (Å²) in [5.41, 5.74) is 0.0707. The molecule has 3 heterocycles. The summed E-state index contributed by atoms with van der Waals surface area (Å²) in [5, 5.41) is 0. The average molecular weight is 377 g/mol. The average Bonchev–Trinajstić information content (AvgIpc) is 2.68. The van der Waals surface area contributed by atoms with Crippen molar-refractivity contribution in [1.29, 1.82) is 0 Å². The number of aromatic amines is 1. The summed E-state index contributed by atoms with van der Waals surface area (Å²) in [6, 6.07) is 1.59. The van der Waals surface area contributed by atoms with E-state index < -0.39 is 5.60 Å². The molecule has 1 N–H and O–H groups in total. The number of H-pyrrole nitrogens is 1. The third-order valence-corrected chi connectivity index (χ3v) is 6.06. The van der Waals surface area contributed by atoms with E-state index >= 15 is 0 Å². The summed E-state index contributed by atoms with van der Waals surface area (Å²) >= 11 is 0. The van der Waals surface area contributed by atoms with Crippen LogP contribution in [-0.2, 0) is 9.53 Å². The van der Waals surface area contributed by atoms with Crippen LogP contribution in [0.3, 0.4) is 0 Å². The molecule has 0 aromatic carbocycles. The summed E-state index contributed by atoms with van der Waals surface area (Å²) in [4.78, 5) is 36.5. The molecule has 2 saturated heterocycles. The lowest BCUT2D eigenvalue weighted by Gasteiger charge is -2.43. The van der Waals surface area contributed by atoms with Crippen molar-refractivity contribution < 1.29 is 9.53 Å². The molecular weight excluding hydrogens is 344 g/mol. The molecule has 2 fully saturated rings. The molecule has 1 amide bonds. The van der Waals surface area contributed by atoms with Crippen molar-refractivity contribution in [3.8, 4) is 0 Å². The minimum atomic E-state index is -0.671. The number of carbonyl (C=O) groups is 1. The molecule has 2 aliphatic heterocycles. The zero-order chi connectivity index (χ0) is 19.4. The van der Waals surface area contributed by atoms with Gasteiger partial charge in [0.25, 0.3) is 11.5 Å². The van der Waals surface area contributed by atoms with Gasteiger partial charge in [0, 0.05) is 45.3 Å². The molecule has 0 saturated carbocycles. The third kappa shape index (κ3) is 4.41. The smallest absolute Gasteiger partial charge is 0.254 e. The van der Waals surface area contributed by atoms with Crippen LogP contribution in [-0.4, -0.2) is 71.1 Å². The van der Waals surface area contributed by atoms with Crippen LogP contribution in [0, 0.1) is 6.92 Å². The molecule has 0 radical (unpaired) electrons. The van der Waals surface area contributed by atoms with E-state index in [2.05, 4.69) is 21.8 Å². The molecule has 7 heteroatoms. The maximum absolute atomic E-state index is 13.2. The Hall–Kier alpha value is -1.73. The predicted octanol–water partition coefficient (Wildman–Crippen LogP) is 1.68. The fourth-order valence-corrected chi connectivity index (χ4v) is 4.44. The molecular formula is C20H32N4O3. The number of ether oxygens (including phenoxy) is 1. The van der Waals surface area contributed by atoms with Crippen molar-refractivity contribution in [2.75, 3.05) is 39.8 Å². The van der Waals surface area contributed by atoms with Gasteiger partial charge in [-0.05, 0) is 45.6 Å². The van der Waals surface area contributed by atoms with Crippen LogP contribution in [0.25, 0.3) is 0 Å². The number of piperidine rings is 2. The molecule has 0 aliphatic carbocycles. The van der Waals surface area contributed by atoms with E-state index in [1.54, 1.807) is 20.1 Å². The number of likely N-dealkylation sites (tertiary alicyclic amines) is 2. The van der Waals surface area contributed by atoms with Gasteiger partial charge in [-0.2, -0.15) is 0 Å². The van der Waals surface area contributed by atoms with E-state index in [0.717, 1.165) is 57.4 Å². The number of amides is 1. The molecule has 7 nitrogen and oxygen atoms in total. The summed E-state index contributed by atoms with van der Waals surface area (Å²) in [6.07, 6.45) is 4.33. The number of rotatable bonds is 5. The number of hydrogen-bond donors (Lipinski definition) is 1. The van der Waals surface area contributed by atoms with Gasteiger partial charge in [-0.25, -0.2) is 4.98 Å². The van der Waals surface area contributed by atoms with Crippen molar-refractivity contribution in [2.24, 2.45) is 0 Å². The summed E-state index contributed by atoms with van der Waals surface area (Å²) in [7, 11) is 1.67. The Morgan fingerprint density at radius 1 is 1.30 bits per heavy atom. The summed E-state index contributed by atoms with van der Waals surface area (Å²) < 4.78 is 5.79. The van der Waals surface area contributed by atoms with Gasteiger partial charge >= 0.3 is 0 Å². The number of aromatic nitrogens is 2. The van der Waals surface area contributed by atoms with Crippen molar-refractivity contribution in [1.82, 2.24) is 19.8 Å². The number of methoxy groups -OCH3 is 1. The lowest BCUT2D eigenvalue weighted by Crippen LogP contribution is -2.57. The standard InChI is InChI=1S/C20H32N4O3/c1-4-9-23-12-7-20(27-3,8-13-23)19(26)24-10-5-16(6-11-24)17-14-18(25)22-15(2)21-17/h14,16H,4-13H2,1-3H3,(H,21,22,25). The molecule has 3 rings (SSSR count). The number of nitrogens with one attached hydrogen (secondary N) is 1. The normalized spacial score (nSPS) is 21.4. The van der Waals surface area contributed by atoms with Gasteiger partial charge in [0.2, 0.25) is 0 Å². The molecule has 1 aromatic rings. The van der Waals surface area contributed by atoms with Crippen molar-refractivity contribution in [3.05, 3.63) is 27.9 Å². The zero-order valence-corrected chi connectivity index (χ0v) is 16.8. The third-order valence-electron chi connectivity index (χ3n) is 6.06. The second kappa shape index (κ2) is 8.52. The first kappa shape index (κ1) is 20.0. The number of aryl methyl sites for hydroxylation is 1. The molecule has 0 bridgehead atoms. The Bertz CT molecular complexity index is 701. The predicted molar refractivity (Wildman–Crippen MR) is 104 cm³/mol. The van der Waals surface area contributed by atoms with E-state index in [9.17, 15) is 9.59 Å². The van der Waals surface area contributed by atoms with E-state index in [4.69, 9.17) is 4.74 Å². The Kier molecular flexibility index (Phi) is 6.32. The Balaban J connectivity index is 1.61. The number of carbonyl (C=O) groups excluding carboxylic acids is 1. The number of hydrogen-bond acceptors (Lipinski definition) is 5. The van der Waals surface area contributed by atoms with Gasteiger partial charge in [-0.1, -0.05) is 6.92 Å². The zero-order valence-electron chi connectivity index (χ0n) is 16.8. The van der Waals surface area contributed by atoms with Gasteiger partial charge in [0.15, 0.2) is 0 Å². The first-order valence-electron chi connectivity index (χ1n) is 10.1. The SMILES string of the molecule is CCCN1CCC(OC)(C(=O)N2CCC(c3cc(=O)[nH]c(C)n3)CC2)CC1. The maximum atomic E-state index is 13.2. The highest BCUT2D eigenvalue weighted by atomic mass is 16.5. The van der Waals surface area contributed by atoms with Crippen LogP contribution >= 0.6 is 0 Å². The van der Waals surface area contributed by atoms with Crippen molar-refractivity contribution in [2.45, 2.75) is 57.5 Å². The van der Waals surface area contributed by atoms with Crippen LogP contribution in [0.1, 0.15) is 56.5 Å². The Morgan fingerprint density at radius 3 is 2.52 bits per heavy atom. The number of nitrogens with zero attached hydrogens (tertiary/aromatic N) is 3. The second-order valence-electron chi connectivity index (χ2n) is 7.86. The van der Waals surface area contributed by atoms with Crippen LogP contribution in [0.15, 0.2) is 10.9 Å². The van der Waals surface area contributed by atoms with Crippen LogP contribution in [0.2, 0.25) is 0 Å². The van der Waals surface area contributed by atoms with Crippen LogP contribution < -0.4 is 5.56 Å². The van der Waals surface area contributed by atoms with E-state index in [0.29, 0.717) is 18.9 Å². The summed E-state index contributed by atoms with van der Waals surface area (Å²) in [5.74, 6) is 1.02. The summed E-state index contributed by atoms with van der Waals surface area (Å²) in [6.45, 7) is 8.30. The van der Waals surface area contributed by atoms with E-state index in [1.807, 2.05) is 4.90 Å². The lowest BCUT2D eigenvalue weighted by molar-refractivity contribution is -0.162. The molecule has 150 valence electrons. The molecule has 0 atom stereocenters. The van der Waals surface area contributed by atoms with Gasteiger partial charge in [0.1, 0.15) is 11.4 Å². The molecule has 2 aliphatic rings. The quantitative estimate of drug-likeness (QED) is 0.846. The fraction of sp³-hybridized carbons (Fsp3) is 0.750. The molecule has 0 unspecified atom stereocenters. The van der Waals surface area contributed by atoms with E-state index in [1.165, 1.54) is 0 Å². The van der Waals surface area contributed by atoms with Crippen LogP contribution in [0.4, 0.5) is 0 Å². The van der Waals surface area contributed by atoms with Gasteiger partial charge in [-0.3, -0.25) is 9.59 Å². The highest BCUT2D eigenvalue weighted by Crippen LogP contribution is 2.32. The van der Waals surface area contributed by atoms with Gasteiger partial charge < -0.3 is 19.5 Å². The van der Waals surface area contributed by atoms with Gasteiger partial charge in [0.05, 0.1) is 5.69 Å². The highest BCUT2D eigenvalue weighted by molar-refractivity contribution is 5.85.